The molecule has 0 N–H and O–H groups in total. The molecule has 32 heavy (non-hydrogen) atoms. The zero-order chi connectivity index (χ0) is 23.6. The van der Waals surface area contributed by atoms with E-state index in [4.69, 9.17) is 18.6 Å². The van der Waals surface area contributed by atoms with Gasteiger partial charge in [-0.2, -0.15) is 0 Å². The van der Waals surface area contributed by atoms with Crippen LogP contribution in [-0.2, 0) is 12.4 Å². The molecule has 0 heterocycles. The molecular weight excluding hydrogens is 483 g/mol. The van der Waals surface area contributed by atoms with Gasteiger partial charge in [0.15, 0.2) is 0 Å². The molecule has 0 aliphatic heterocycles. The molecule has 2 aromatic carbocycles. The Labute approximate surface area is 204 Å². The third-order valence-corrected chi connectivity index (χ3v) is 43.6. The minimum absolute atomic E-state index is 0.202. The minimum atomic E-state index is -4.25. The zero-order valence-electron chi connectivity index (χ0n) is 20.9. The maximum atomic E-state index is 8.33. The average molecular weight is 520 g/mol. The van der Waals surface area contributed by atoms with Crippen molar-refractivity contribution >= 4 is 37.4 Å². The molecule has 0 saturated carbocycles. The molecule has 4 rings (SSSR count). The molecule has 2 aliphatic carbocycles. The molecule has 0 radical (unpaired) electrons. The summed E-state index contributed by atoms with van der Waals surface area (Å²) in [7, 11) is 16.7. The fraction of sp³-hybridized carbons (Fsp3) is 0.429. The van der Waals surface area contributed by atoms with Crippen LogP contribution >= 0.6 is 18.6 Å². The molecule has 0 bridgehead atoms. The van der Waals surface area contributed by atoms with Gasteiger partial charge in [0.1, 0.15) is 0 Å². The van der Waals surface area contributed by atoms with Crippen LogP contribution in [0.4, 0.5) is 0 Å². The normalized spacial score (nSPS) is 21.2. The van der Waals surface area contributed by atoms with Gasteiger partial charge >= 0.3 is 206 Å². The Bertz CT molecular complexity index is 1090. The predicted octanol–water partition coefficient (Wildman–Crippen LogP) is 9.30. The van der Waals surface area contributed by atoms with Gasteiger partial charge in [0.2, 0.25) is 0 Å². The second-order valence-electron chi connectivity index (χ2n) is 10.4. The Hall–Kier alpha value is -0.569. The Balaban J connectivity index is 2.09. The van der Waals surface area contributed by atoms with Crippen molar-refractivity contribution in [1.29, 1.82) is 0 Å². The van der Waals surface area contributed by atoms with Gasteiger partial charge in [-0.15, -0.1) is 0 Å². The van der Waals surface area contributed by atoms with E-state index in [0.29, 0.717) is 0 Å². The summed E-state index contributed by atoms with van der Waals surface area (Å²) in [5, 5.41) is 0. The third-order valence-electron chi connectivity index (χ3n) is 8.45. The number of halogens is 2. The van der Waals surface area contributed by atoms with Gasteiger partial charge in [-0.1, -0.05) is 0 Å². The van der Waals surface area contributed by atoms with E-state index in [0.717, 1.165) is 12.8 Å². The molecule has 171 valence electrons. The van der Waals surface area contributed by atoms with E-state index < -0.39 is 19.1 Å². The molecule has 2 atom stereocenters. The van der Waals surface area contributed by atoms with Crippen molar-refractivity contribution < 1.29 is 12.4 Å². The van der Waals surface area contributed by atoms with Crippen LogP contribution in [0.2, 0.25) is 13.1 Å². The number of rotatable bonds is 5. The summed E-state index contributed by atoms with van der Waals surface area (Å²) < 4.78 is 0.403. The Morgan fingerprint density at radius 3 is 1.34 bits per heavy atom. The van der Waals surface area contributed by atoms with E-state index in [1.807, 2.05) is 0 Å². The van der Waals surface area contributed by atoms with Gasteiger partial charge in [-0.25, -0.2) is 0 Å². The summed E-state index contributed by atoms with van der Waals surface area (Å²) in [6.45, 7) is 16.9. The van der Waals surface area contributed by atoms with Crippen LogP contribution in [-0.4, -0.2) is 6.66 Å². The third kappa shape index (κ3) is 3.26. The van der Waals surface area contributed by atoms with Gasteiger partial charge < -0.3 is 0 Å². The first-order valence-corrected chi connectivity index (χ1v) is 23.8. The second kappa shape index (κ2) is 8.28. The van der Waals surface area contributed by atoms with Crippen LogP contribution < -0.4 is 0 Å². The Morgan fingerprint density at radius 1 is 0.688 bits per heavy atom. The molecule has 2 unspecified atom stereocenters. The maximum absolute atomic E-state index is 8.33. The fourth-order valence-electron chi connectivity index (χ4n) is 6.47. The van der Waals surface area contributed by atoms with Crippen molar-refractivity contribution in [3.8, 4) is 0 Å². The molecule has 0 saturated heterocycles. The van der Waals surface area contributed by atoms with Gasteiger partial charge in [-0.3, -0.25) is 0 Å². The van der Waals surface area contributed by atoms with Crippen molar-refractivity contribution in [1.82, 2.24) is 0 Å². The Kier molecular flexibility index (Phi) is 6.35. The molecule has 0 nitrogen and oxygen atoms in total. The summed E-state index contributed by atoms with van der Waals surface area (Å²) in [6.07, 6.45) is 6.91. The number of hydrogen-bond donors (Lipinski definition) is 0. The Morgan fingerprint density at radius 2 is 1.03 bits per heavy atom. The summed E-state index contributed by atoms with van der Waals surface area (Å²) in [4.78, 5) is 0. The predicted molar refractivity (Wildman–Crippen MR) is 144 cm³/mol. The zero-order valence-corrected chi connectivity index (χ0v) is 25.1. The molecular formula is C28H37Cl2SiTi. The summed E-state index contributed by atoms with van der Waals surface area (Å²) >= 11 is -4.25. The van der Waals surface area contributed by atoms with Crippen LogP contribution in [0.5, 0.6) is 0 Å². The van der Waals surface area contributed by atoms with E-state index in [9.17, 15) is 0 Å². The van der Waals surface area contributed by atoms with Gasteiger partial charge in [0.05, 0.1) is 0 Å². The number of fused-ring (bicyclic) bond motifs is 2. The van der Waals surface area contributed by atoms with Crippen molar-refractivity contribution in [2.24, 2.45) is 0 Å². The van der Waals surface area contributed by atoms with E-state index in [1.54, 1.807) is 0 Å². The van der Waals surface area contributed by atoms with E-state index in [1.165, 1.54) is 55.7 Å². The summed E-state index contributed by atoms with van der Waals surface area (Å²) in [5.74, 6) is 0. The number of allylic oxidation sites excluding steroid dienone is 2. The number of aryl methyl sites for hydroxylation is 4. The van der Waals surface area contributed by atoms with Gasteiger partial charge in [0.25, 0.3) is 0 Å². The van der Waals surface area contributed by atoms with Gasteiger partial charge in [-0.05, 0) is 0 Å². The molecule has 0 aromatic heterocycles. The summed E-state index contributed by atoms with van der Waals surface area (Å²) in [5.41, 5.74) is 14.0. The van der Waals surface area contributed by atoms with E-state index in [-0.39, 0.29) is 8.45 Å². The van der Waals surface area contributed by atoms with Crippen molar-refractivity contribution in [2.75, 3.05) is 0 Å². The van der Waals surface area contributed by atoms with Crippen LogP contribution in [0.3, 0.4) is 0 Å². The molecule has 2 aromatic rings. The quantitative estimate of drug-likeness (QED) is 0.345. The SMILES string of the molecule is CCC1=Cc2c(C)ccc(C)c2[CH]1[Ti]([Cl])([Cl])([CH]1C(CC)=Cc2c(C)ccc(C)c21)[SiH](C)C. The molecule has 0 fully saturated rings. The van der Waals surface area contributed by atoms with E-state index in [2.05, 4.69) is 91.1 Å². The van der Waals surface area contributed by atoms with Crippen LogP contribution in [0, 0.1) is 27.7 Å². The molecule has 0 amide bonds. The first-order valence-electron chi connectivity index (χ1n) is 12.2. The van der Waals surface area contributed by atoms with Crippen LogP contribution in [0.25, 0.3) is 12.2 Å². The monoisotopic (exact) mass is 519 g/mol. The van der Waals surface area contributed by atoms with Crippen molar-refractivity contribution in [3.63, 3.8) is 0 Å². The first-order chi connectivity index (χ1) is 15.0. The summed E-state index contributed by atoms with van der Waals surface area (Å²) in [6, 6.07) is 9.08. The van der Waals surface area contributed by atoms with Crippen molar-refractivity contribution in [3.05, 3.63) is 79.9 Å². The second-order valence-corrected chi connectivity index (χ2v) is 39.7. The first kappa shape index (κ1) is 24.6. The standard InChI is InChI=1S/2C13H15.C2H7Si.2ClH.Ti/c2*1-4-11-7-12-9(2)5-6-10(3)13(12)8-11;1-3-2;;;/h2*5-8H,4H2,1-3H3;3H,1-2H3;2*1H;/q;;;;;+2/p-2. The number of hydrogen-bond acceptors (Lipinski definition) is 0. The van der Waals surface area contributed by atoms with Crippen LogP contribution in [0.1, 0.15) is 79.6 Å². The molecule has 0 spiro atoms. The topological polar surface area (TPSA) is 0 Å². The van der Waals surface area contributed by atoms with E-state index >= 15 is 0 Å². The fourth-order valence-corrected chi connectivity index (χ4v) is 27.9. The molecule has 4 heteroatoms. The average Bonchev–Trinajstić information content (AvgIpc) is 3.35. The van der Waals surface area contributed by atoms with Crippen LogP contribution in [0.15, 0.2) is 35.4 Å². The molecule has 2 aliphatic rings. The van der Waals surface area contributed by atoms with Crippen molar-refractivity contribution in [2.45, 2.75) is 75.9 Å². The van der Waals surface area contributed by atoms with Gasteiger partial charge in [0, 0.05) is 0 Å². The number of benzene rings is 2.